The van der Waals surface area contributed by atoms with Crippen molar-refractivity contribution in [3.63, 3.8) is 0 Å². The largest absolute Gasteiger partial charge is 0.466 e. The third-order valence-electron chi connectivity index (χ3n) is 14.2. The molecule has 0 aromatic rings. The first kappa shape index (κ1) is 66.3. The highest BCUT2D eigenvalue weighted by Crippen LogP contribution is 2.17. The molecule has 0 heterocycles. The highest BCUT2D eigenvalue weighted by atomic mass is 16.5. The van der Waals surface area contributed by atoms with E-state index in [2.05, 4.69) is 31.3 Å². The fourth-order valence-electron chi connectivity index (χ4n) is 9.51. The standard InChI is InChI=1S/C62H119NO5/c1-3-5-7-9-11-13-15-17-18-19-26-29-32-36-40-44-48-52-56-62(67)68-57-53-49-45-41-37-33-30-27-24-22-20-21-23-25-28-31-35-39-43-47-51-55-61(66)63-59(58-64)60(65)54-50-46-42-38-34-16-14-12-10-8-6-4-2/h21,23,50,54,59-60,64-65H,3-20,22,24-49,51-53,55-58H2,1-2H3,(H,63,66)/b23-21-,54-50+. The van der Waals surface area contributed by atoms with Gasteiger partial charge in [0.1, 0.15) is 0 Å². The summed E-state index contributed by atoms with van der Waals surface area (Å²) in [6.07, 6.45) is 70.7. The van der Waals surface area contributed by atoms with E-state index in [1.54, 1.807) is 6.08 Å². The van der Waals surface area contributed by atoms with Crippen molar-refractivity contribution < 1.29 is 24.5 Å². The van der Waals surface area contributed by atoms with Gasteiger partial charge in [0.05, 0.1) is 25.4 Å². The number of amides is 1. The molecule has 0 aliphatic rings. The Morgan fingerprint density at radius 3 is 1.04 bits per heavy atom. The number of allylic oxidation sites excluding steroid dienone is 3. The normalized spacial score (nSPS) is 12.7. The van der Waals surface area contributed by atoms with Crippen LogP contribution < -0.4 is 5.32 Å². The molecule has 0 aliphatic carbocycles. The molecule has 0 spiro atoms. The Hall–Kier alpha value is -1.66. The molecule has 0 rings (SSSR count). The van der Waals surface area contributed by atoms with E-state index in [0.29, 0.717) is 19.4 Å². The van der Waals surface area contributed by atoms with Crippen LogP contribution in [0.2, 0.25) is 0 Å². The van der Waals surface area contributed by atoms with Gasteiger partial charge in [0.25, 0.3) is 0 Å². The van der Waals surface area contributed by atoms with Crippen molar-refractivity contribution in [3.8, 4) is 0 Å². The van der Waals surface area contributed by atoms with E-state index in [9.17, 15) is 19.8 Å². The molecule has 2 atom stereocenters. The molecule has 0 radical (unpaired) electrons. The van der Waals surface area contributed by atoms with Crippen molar-refractivity contribution in [2.24, 2.45) is 0 Å². The molecule has 0 aromatic carbocycles. The van der Waals surface area contributed by atoms with Crippen LogP contribution >= 0.6 is 0 Å². The first-order chi connectivity index (χ1) is 33.5. The lowest BCUT2D eigenvalue weighted by atomic mass is 10.0. The Balaban J connectivity index is 3.40. The summed E-state index contributed by atoms with van der Waals surface area (Å²) < 4.78 is 5.50. The van der Waals surface area contributed by atoms with Crippen LogP contribution in [0, 0.1) is 0 Å². The summed E-state index contributed by atoms with van der Waals surface area (Å²) in [6.45, 7) is 4.91. The monoisotopic (exact) mass is 958 g/mol. The predicted octanol–water partition coefficient (Wildman–Crippen LogP) is 19.0. The maximum Gasteiger partial charge on any atom is 0.305 e. The Labute approximate surface area is 424 Å². The van der Waals surface area contributed by atoms with Crippen molar-refractivity contribution in [2.75, 3.05) is 13.2 Å². The van der Waals surface area contributed by atoms with Crippen LogP contribution in [0.4, 0.5) is 0 Å². The van der Waals surface area contributed by atoms with Crippen molar-refractivity contribution in [1.82, 2.24) is 5.32 Å². The van der Waals surface area contributed by atoms with Gasteiger partial charge >= 0.3 is 5.97 Å². The van der Waals surface area contributed by atoms with E-state index in [-0.39, 0.29) is 18.5 Å². The van der Waals surface area contributed by atoms with Crippen LogP contribution in [0.1, 0.15) is 335 Å². The number of aliphatic hydroxyl groups excluding tert-OH is 2. The molecule has 2 unspecified atom stereocenters. The topological polar surface area (TPSA) is 95.9 Å². The van der Waals surface area contributed by atoms with Gasteiger partial charge in [0.15, 0.2) is 0 Å². The minimum absolute atomic E-state index is 0.0121. The number of esters is 1. The number of rotatable bonds is 57. The SMILES string of the molecule is CCCCCCCCCCCC/C=C/C(O)C(CO)NC(=O)CCCCCCCCC/C=C\CCCCCCCCCCCCOC(=O)CCCCCCCCCCCCCCCCCCCC. The quantitative estimate of drug-likeness (QED) is 0.0321. The van der Waals surface area contributed by atoms with E-state index >= 15 is 0 Å². The smallest absolute Gasteiger partial charge is 0.305 e. The Morgan fingerprint density at radius 2 is 0.691 bits per heavy atom. The van der Waals surface area contributed by atoms with Crippen LogP contribution in [0.3, 0.4) is 0 Å². The summed E-state index contributed by atoms with van der Waals surface area (Å²) in [5.41, 5.74) is 0. The Kier molecular flexibility index (Phi) is 56.5. The predicted molar refractivity (Wildman–Crippen MR) is 296 cm³/mol. The Morgan fingerprint density at radius 1 is 0.397 bits per heavy atom. The second-order valence-corrected chi connectivity index (χ2v) is 21.0. The third kappa shape index (κ3) is 53.7. The zero-order valence-corrected chi connectivity index (χ0v) is 45.9. The van der Waals surface area contributed by atoms with Gasteiger partial charge in [0, 0.05) is 12.8 Å². The van der Waals surface area contributed by atoms with Crippen molar-refractivity contribution in [3.05, 3.63) is 24.3 Å². The van der Waals surface area contributed by atoms with E-state index < -0.39 is 12.1 Å². The van der Waals surface area contributed by atoms with Crippen LogP contribution in [0.25, 0.3) is 0 Å². The molecule has 68 heavy (non-hydrogen) atoms. The van der Waals surface area contributed by atoms with Crippen LogP contribution in [-0.2, 0) is 14.3 Å². The second-order valence-electron chi connectivity index (χ2n) is 21.0. The zero-order valence-electron chi connectivity index (χ0n) is 45.9. The van der Waals surface area contributed by atoms with Gasteiger partial charge in [-0.05, 0) is 57.8 Å². The summed E-state index contributed by atoms with van der Waals surface area (Å²) in [7, 11) is 0. The number of carbonyl (C=O) groups excluding carboxylic acids is 2. The van der Waals surface area contributed by atoms with E-state index in [0.717, 1.165) is 44.9 Å². The molecular weight excluding hydrogens is 839 g/mol. The molecule has 0 saturated heterocycles. The van der Waals surface area contributed by atoms with Gasteiger partial charge in [-0.25, -0.2) is 0 Å². The van der Waals surface area contributed by atoms with Crippen LogP contribution in [0.15, 0.2) is 24.3 Å². The highest BCUT2D eigenvalue weighted by Gasteiger charge is 2.18. The third-order valence-corrected chi connectivity index (χ3v) is 14.2. The van der Waals surface area contributed by atoms with Gasteiger partial charge in [-0.3, -0.25) is 9.59 Å². The van der Waals surface area contributed by atoms with Crippen molar-refractivity contribution in [1.29, 1.82) is 0 Å². The van der Waals surface area contributed by atoms with E-state index in [1.165, 1.54) is 263 Å². The molecule has 0 fully saturated rings. The number of ether oxygens (including phenoxy) is 1. The number of hydrogen-bond acceptors (Lipinski definition) is 5. The summed E-state index contributed by atoms with van der Waals surface area (Å²) in [5, 5.41) is 23.0. The number of hydrogen-bond donors (Lipinski definition) is 3. The van der Waals surface area contributed by atoms with Gasteiger partial charge in [-0.1, -0.05) is 289 Å². The first-order valence-electron chi connectivity index (χ1n) is 30.6. The lowest BCUT2D eigenvalue weighted by Crippen LogP contribution is -2.45. The van der Waals surface area contributed by atoms with Gasteiger partial charge < -0.3 is 20.3 Å². The molecule has 0 aliphatic heterocycles. The van der Waals surface area contributed by atoms with Gasteiger partial charge in [0.2, 0.25) is 5.91 Å². The maximum absolute atomic E-state index is 12.4. The van der Waals surface area contributed by atoms with Crippen LogP contribution in [-0.4, -0.2) is 47.4 Å². The molecule has 6 heteroatoms. The number of nitrogens with one attached hydrogen (secondary N) is 1. The lowest BCUT2D eigenvalue weighted by molar-refractivity contribution is -0.143. The average molecular weight is 959 g/mol. The summed E-state index contributed by atoms with van der Waals surface area (Å²) in [6, 6.07) is -0.632. The molecule has 0 saturated carbocycles. The van der Waals surface area contributed by atoms with E-state index in [4.69, 9.17) is 4.74 Å². The fourth-order valence-corrected chi connectivity index (χ4v) is 9.51. The number of aliphatic hydroxyl groups is 2. The highest BCUT2D eigenvalue weighted by molar-refractivity contribution is 5.76. The molecule has 3 N–H and O–H groups in total. The summed E-state index contributed by atoms with van der Waals surface area (Å²) >= 11 is 0. The fraction of sp³-hybridized carbons (Fsp3) is 0.903. The molecule has 0 bridgehead atoms. The first-order valence-corrected chi connectivity index (χ1v) is 30.6. The minimum Gasteiger partial charge on any atom is -0.466 e. The molecule has 0 aromatic heterocycles. The minimum atomic E-state index is -0.848. The maximum atomic E-state index is 12.4. The average Bonchev–Trinajstić information content (AvgIpc) is 3.34. The van der Waals surface area contributed by atoms with E-state index in [1.807, 2.05) is 6.08 Å². The van der Waals surface area contributed by atoms with Crippen LogP contribution in [0.5, 0.6) is 0 Å². The number of carbonyl (C=O) groups is 2. The molecule has 1 amide bonds. The Bertz CT molecular complexity index is 1060. The second kappa shape index (κ2) is 57.9. The molecule has 402 valence electrons. The van der Waals surface area contributed by atoms with Crippen molar-refractivity contribution >= 4 is 11.9 Å². The van der Waals surface area contributed by atoms with Gasteiger partial charge in [-0.2, -0.15) is 0 Å². The molecular formula is C62H119NO5. The summed E-state index contributed by atoms with van der Waals surface area (Å²) in [4.78, 5) is 24.5. The lowest BCUT2D eigenvalue weighted by Gasteiger charge is -2.20. The molecule has 6 nitrogen and oxygen atoms in total. The van der Waals surface area contributed by atoms with Crippen molar-refractivity contribution in [2.45, 2.75) is 347 Å². The number of unbranched alkanes of at least 4 members (excludes halogenated alkanes) is 44. The zero-order chi connectivity index (χ0) is 49.3. The van der Waals surface area contributed by atoms with Gasteiger partial charge in [-0.15, -0.1) is 0 Å². The summed E-state index contributed by atoms with van der Waals surface area (Å²) in [5.74, 6) is -0.0635.